The van der Waals surface area contributed by atoms with E-state index in [0.29, 0.717) is 4.99 Å². The number of hydroxylamine groups is 2. The SMILES string of the molecule is CN(OC(=O)CN)C(=S)C1(c2ccc3nccn3c2)CCCCC1. The number of likely N-dealkylation sites (N-methyl/N-ethyl adjacent to an activating group) is 1. The van der Waals surface area contributed by atoms with Crippen molar-refractivity contribution in [2.75, 3.05) is 13.6 Å². The van der Waals surface area contributed by atoms with E-state index in [0.717, 1.165) is 36.9 Å². The number of rotatable bonds is 3. The Labute approximate surface area is 146 Å². The van der Waals surface area contributed by atoms with Crippen molar-refractivity contribution >= 4 is 28.8 Å². The average molecular weight is 346 g/mol. The van der Waals surface area contributed by atoms with Gasteiger partial charge >= 0.3 is 5.97 Å². The molecule has 0 radical (unpaired) electrons. The number of hydrogen-bond donors (Lipinski definition) is 1. The predicted molar refractivity (Wildman–Crippen MR) is 95.5 cm³/mol. The number of hydrogen-bond acceptors (Lipinski definition) is 5. The van der Waals surface area contributed by atoms with Gasteiger partial charge in [-0.3, -0.25) is 0 Å². The summed E-state index contributed by atoms with van der Waals surface area (Å²) in [6, 6.07) is 4.08. The number of pyridine rings is 1. The highest BCUT2D eigenvalue weighted by molar-refractivity contribution is 7.80. The van der Waals surface area contributed by atoms with Gasteiger partial charge in [-0.2, -0.15) is 0 Å². The second-order valence-corrected chi connectivity index (χ2v) is 6.61. The van der Waals surface area contributed by atoms with E-state index in [1.165, 1.54) is 11.5 Å². The number of carbonyl (C=O) groups excluding carboxylic acids is 1. The van der Waals surface area contributed by atoms with Crippen LogP contribution in [-0.4, -0.2) is 39.0 Å². The number of fused-ring (bicyclic) bond motifs is 1. The maximum Gasteiger partial charge on any atom is 0.345 e. The minimum absolute atomic E-state index is 0.166. The normalized spacial score (nSPS) is 16.8. The largest absolute Gasteiger partial charge is 0.345 e. The van der Waals surface area contributed by atoms with E-state index in [1.807, 2.05) is 16.7 Å². The molecule has 0 aromatic carbocycles. The number of nitrogens with zero attached hydrogens (tertiary/aromatic N) is 3. The molecule has 2 aromatic heterocycles. The van der Waals surface area contributed by atoms with E-state index in [9.17, 15) is 4.79 Å². The van der Waals surface area contributed by atoms with Crippen LogP contribution in [0.15, 0.2) is 30.7 Å². The van der Waals surface area contributed by atoms with Crippen molar-refractivity contribution < 1.29 is 9.63 Å². The number of imidazole rings is 1. The topological polar surface area (TPSA) is 72.9 Å². The lowest BCUT2D eigenvalue weighted by atomic mass is 9.69. The first kappa shape index (κ1) is 16.9. The molecule has 128 valence electrons. The van der Waals surface area contributed by atoms with Gasteiger partial charge in [-0.1, -0.05) is 37.5 Å². The van der Waals surface area contributed by atoms with Gasteiger partial charge in [0.25, 0.3) is 0 Å². The van der Waals surface area contributed by atoms with E-state index in [2.05, 4.69) is 17.2 Å². The Morgan fingerprint density at radius 1 is 1.42 bits per heavy atom. The Bertz CT molecular complexity index is 752. The monoisotopic (exact) mass is 346 g/mol. The van der Waals surface area contributed by atoms with Crippen molar-refractivity contribution in [3.8, 4) is 0 Å². The lowest BCUT2D eigenvalue weighted by molar-refractivity contribution is -0.167. The Morgan fingerprint density at radius 3 is 2.88 bits per heavy atom. The Hall–Kier alpha value is -1.99. The number of aromatic nitrogens is 2. The summed E-state index contributed by atoms with van der Waals surface area (Å²) < 4.78 is 2.00. The van der Waals surface area contributed by atoms with Crippen LogP contribution in [0.4, 0.5) is 0 Å². The van der Waals surface area contributed by atoms with Crippen molar-refractivity contribution in [2.24, 2.45) is 5.73 Å². The van der Waals surface area contributed by atoms with Gasteiger partial charge in [-0.15, -0.1) is 0 Å². The van der Waals surface area contributed by atoms with Crippen LogP contribution in [-0.2, 0) is 15.0 Å². The van der Waals surface area contributed by atoms with Gasteiger partial charge in [-0.25, -0.2) is 14.8 Å². The molecule has 0 amide bonds. The lowest BCUT2D eigenvalue weighted by Crippen LogP contribution is -2.46. The summed E-state index contributed by atoms with van der Waals surface area (Å²) in [5, 5.41) is 1.41. The molecule has 3 rings (SSSR count). The summed E-state index contributed by atoms with van der Waals surface area (Å²) in [7, 11) is 1.68. The first-order valence-corrected chi connectivity index (χ1v) is 8.60. The Kier molecular flexibility index (Phi) is 4.82. The van der Waals surface area contributed by atoms with Crippen LogP contribution in [0.5, 0.6) is 0 Å². The van der Waals surface area contributed by atoms with Gasteiger partial charge in [0.2, 0.25) is 0 Å². The molecule has 2 aromatic rings. The lowest BCUT2D eigenvalue weighted by Gasteiger charge is -2.40. The molecule has 0 spiro atoms. The molecule has 0 unspecified atom stereocenters. The molecule has 1 aliphatic carbocycles. The minimum Gasteiger partial charge on any atom is -0.339 e. The van der Waals surface area contributed by atoms with E-state index < -0.39 is 5.97 Å². The summed E-state index contributed by atoms with van der Waals surface area (Å²) in [6.45, 7) is -0.166. The molecule has 6 nitrogen and oxygen atoms in total. The van der Waals surface area contributed by atoms with Crippen molar-refractivity contribution in [3.63, 3.8) is 0 Å². The molecule has 1 fully saturated rings. The zero-order valence-corrected chi connectivity index (χ0v) is 14.6. The fourth-order valence-electron chi connectivity index (χ4n) is 3.52. The summed E-state index contributed by atoms with van der Waals surface area (Å²) in [5.74, 6) is -0.490. The smallest absolute Gasteiger partial charge is 0.339 e. The van der Waals surface area contributed by atoms with Gasteiger partial charge in [0, 0.05) is 25.6 Å². The van der Waals surface area contributed by atoms with Crippen LogP contribution in [0.3, 0.4) is 0 Å². The molecule has 1 saturated carbocycles. The van der Waals surface area contributed by atoms with Gasteiger partial charge in [-0.05, 0) is 24.5 Å². The van der Waals surface area contributed by atoms with Crippen molar-refractivity contribution in [2.45, 2.75) is 37.5 Å². The molecule has 2 heterocycles. The minimum atomic E-state index is -0.490. The van der Waals surface area contributed by atoms with Gasteiger partial charge in [0.15, 0.2) is 0 Å². The zero-order valence-electron chi connectivity index (χ0n) is 13.8. The van der Waals surface area contributed by atoms with Gasteiger partial charge in [0.05, 0.1) is 12.0 Å². The van der Waals surface area contributed by atoms with Crippen LogP contribution < -0.4 is 5.73 Å². The van der Waals surface area contributed by atoms with Crippen molar-refractivity contribution in [1.29, 1.82) is 0 Å². The number of thiocarbonyl (C=S) groups is 1. The highest BCUT2D eigenvalue weighted by atomic mass is 32.1. The summed E-state index contributed by atoms with van der Waals surface area (Å²) in [4.78, 5) is 21.7. The third-order valence-corrected chi connectivity index (χ3v) is 5.40. The van der Waals surface area contributed by atoms with E-state index >= 15 is 0 Å². The Balaban J connectivity index is 1.97. The standard InChI is InChI=1S/C17H22N4O2S/c1-20(23-15(22)11-18)16(24)17(7-3-2-4-8-17)13-5-6-14-19-9-10-21(14)12-13/h5-6,9-10,12H,2-4,7-8,11,18H2,1H3. The molecule has 0 bridgehead atoms. The zero-order chi connectivity index (χ0) is 17.2. The van der Waals surface area contributed by atoms with Crippen LogP contribution in [0.1, 0.15) is 37.7 Å². The quantitative estimate of drug-likeness (QED) is 0.679. The summed E-state index contributed by atoms with van der Waals surface area (Å²) in [6.07, 6.45) is 11.1. The molecule has 7 heteroatoms. The third kappa shape index (κ3) is 3.01. The average Bonchev–Trinajstić information content (AvgIpc) is 3.09. The van der Waals surface area contributed by atoms with E-state index in [4.69, 9.17) is 22.8 Å². The van der Waals surface area contributed by atoms with Crippen molar-refractivity contribution in [3.05, 3.63) is 36.3 Å². The molecule has 0 atom stereocenters. The molecular formula is C17H22N4O2S. The van der Waals surface area contributed by atoms with Crippen LogP contribution in [0, 0.1) is 0 Å². The predicted octanol–water partition coefficient (Wildman–Crippen LogP) is 2.21. The van der Waals surface area contributed by atoms with Crippen LogP contribution >= 0.6 is 12.2 Å². The molecule has 1 aliphatic rings. The third-order valence-electron chi connectivity index (χ3n) is 4.75. The van der Waals surface area contributed by atoms with E-state index in [1.54, 1.807) is 13.2 Å². The fraction of sp³-hybridized carbons (Fsp3) is 0.471. The first-order chi connectivity index (χ1) is 11.6. The van der Waals surface area contributed by atoms with Crippen LogP contribution in [0.2, 0.25) is 0 Å². The fourth-order valence-corrected chi connectivity index (χ4v) is 3.88. The second-order valence-electron chi connectivity index (χ2n) is 6.22. The van der Waals surface area contributed by atoms with Crippen molar-refractivity contribution in [1.82, 2.24) is 14.4 Å². The number of nitrogens with two attached hydrogens (primary N) is 1. The molecule has 24 heavy (non-hydrogen) atoms. The van der Waals surface area contributed by atoms with E-state index in [-0.39, 0.29) is 12.0 Å². The maximum absolute atomic E-state index is 11.5. The van der Waals surface area contributed by atoms with Gasteiger partial charge < -0.3 is 15.0 Å². The van der Waals surface area contributed by atoms with Crippen LogP contribution in [0.25, 0.3) is 5.65 Å². The molecular weight excluding hydrogens is 324 g/mol. The molecule has 0 saturated heterocycles. The molecule has 0 aliphatic heterocycles. The maximum atomic E-state index is 11.5. The Morgan fingerprint density at radius 2 is 2.17 bits per heavy atom. The first-order valence-electron chi connectivity index (χ1n) is 8.19. The van der Waals surface area contributed by atoms with Gasteiger partial charge in [0.1, 0.15) is 10.6 Å². The second kappa shape index (κ2) is 6.86. The summed E-state index contributed by atoms with van der Waals surface area (Å²) >= 11 is 5.74. The summed E-state index contributed by atoms with van der Waals surface area (Å²) in [5.41, 5.74) is 7.06. The highest BCUT2D eigenvalue weighted by Crippen LogP contribution is 2.41. The highest BCUT2D eigenvalue weighted by Gasteiger charge is 2.41. The molecule has 2 N–H and O–H groups in total. The number of carbonyl (C=O) groups is 1.